The van der Waals surface area contributed by atoms with E-state index in [1.165, 1.54) is 0 Å². The number of fused-ring (bicyclic) bond motifs is 1. The number of nitrogens with one attached hydrogen (secondary N) is 2. The van der Waals surface area contributed by atoms with Gasteiger partial charge in [0.2, 0.25) is 0 Å². The van der Waals surface area contributed by atoms with Crippen LogP contribution in [0.5, 0.6) is 0 Å². The first-order chi connectivity index (χ1) is 8.22. The van der Waals surface area contributed by atoms with E-state index >= 15 is 0 Å². The zero-order valence-corrected chi connectivity index (χ0v) is 9.53. The number of aromatic nitrogens is 2. The molecule has 1 aliphatic rings. The van der Waals surface area contributed by atoms with Crippen LogP contribution in [-0.4, -0.2) is 27.4 Å². The zero-order chi connectivity index (χ0) is 11.9. The van der Waals surface area contributed by atoms with E-state index in [0.29, 0.717) is 5.69 Å². The average Bonchev–Trinajstić information content (AvgIpc) is 2.70. The quantitative estimate of drug-likeness (QED) is 0.603. The van der Waals surface area contributed by atoms with Crippen molar-refractivity contribution in [1.29, 1.82) is 0 Å². The molecule has 0 spiro atoms. The van der Waals surface area contributed by atoms with Gasteiger partial charge in [0.15, 0.2) is 0 Å². The van der Waals surface area contributed by atoms with E-state index in [2.05, 4.69) is 15.5 Å². The molecule has 1 aliphatic carbocycles. The van der Waals surface area contributed by atoms with Crippen molar-refractivity contribution >= 4 is 22.3 Å². The maximum Gasteiger partial charge on any atom is 0.0672 e. The first-order valence-electron chi connectivity index (χ1n) is 5.84. The van der Waals surface area contributed by atoms with Crippen LogP contribution in [0.25, 0.3) is 10.9 Å². The standard InChI is InChI=1S/C12H16N4O/c13-9-4-8-6-14-16-10(8)5-11(9)15-12(7-17)2-1-3-12/h4-6,15,17H,1-3,7,13H2,(H,14,16). The Morgan fingerprint density at radius 2 is 2.29 bits per heavy atom. The maximum absolute atomic E-state index is 9.44. The zero-order valence-electron chi connectivity index (χ0n) is 9.53. The van der Waals surface area contributed by atoms with Gasteiger partial charge >= 0.3 is 0 Å². The summed E-state index contributed by atoms with van der Waals surface area (Å²) >= 11 is 0. The van der Waals surface area contributed by atoms with E-state index in [-0.39, 0.29) is 12.1 Å². The van der Waals surface area contributed by atoms with Crippen molar-refractivity contribution in [3.63, 3.8) is 0 Å². The summed E-state index contributed by atoms with van der Waals surface area (Å²) in [6.45, 7) is 0.146. The third-order valence-corrected chi connectivity index (χ3v) is 3.62. The lowest BCUT2D eigenvalue weighted by Gasteiger charge is -2.42. The lowest BCUT2D eigenvalue weighted by Crippen LogP contribution is -2.48. The fourth-order valence-corrected chi connectivity index (χ4v) is 2.33. The Morgan fingerprint density at radius 3 is 2.94 bits per heavy atom. The summed E-state index contributed by atoms with van der Waals surface area (Å²) in [6.07, 6.45) is 4.88. The molecule has 1 fully saturated rings. The van der Waals surface area contributed by atoms with Gasteiger partial charge in [0.05, 0.1) is 35.2 Å². The van der Waals surface area contributed by atoms with E-state index in [1.807, 2.05) is 12.1 Å². The number of rotatable bonds is 3. The fraction of sp³-hybridized carbons (Fsp3) is 0.417. The highest BCUT2D eigenvalue weighted by Gasteiger charge is 2.36. The van der Waals surface area contributed by atoms with Crippen LogP contribution in [0.2, 0.25) is 0 Å². The number of aromatic amines is 1. The van der Waals surface area contributed by atoms with Gasteiger partial charge in [0, 0.05) is 5.39 Å². The predicted octanol–water partition coefficient (Wildman–Crippen LogP) is 1.47. The number of benzene rings is 1. The summed E-state index contributed by atoms with van der Waals surface area (Å²) in [6, 6.07) is 3.85. The van der Waals surface area contributed by atoms with Crippen LogP contribution in [-0.2, 0) is 0 Å². The fourth-order valence-electron chi connectivity index (χ4n) is 2.33. The van der Waals surface area contributed by atoms with E-state index < -0.39 is 0 Å². The van der Waals surface area contributed by atoms with Crippen molar-refractivity contribution in [1.82, 2.24) is 10.2 Å². The van der Waals surface area contributed by atoms with Gasteiger partial charge in [-0.3, -0.25) is 5.10 Å². The van der Waals surface area contributed by atoms with Crippen LogP contribution in [0.4, 0.5) is 11.4 Å². The van der Waals surface area contributed by atoms with Crippen LogP contribution in [0.3, 0.4) is 0 Å². The minimum absolute atomic E-state index is 0.146. The van der Waals surface area contributed by atoms with Gasteiger partial charge in [-0.2, -0.15) is 5.10 Å². The molecule has 1 saturated carbocycles. The summed E-state index contributed by atoms with van der Waals surface area (Å²) in [4.78, 5) is 0. The number of nitrogens with zero attached hydrogens (tertiary/aromatic N) is 1. The molecule has 5 N–H and O–H groups in total. The van der Waals surface area contributed by atoms with Crippen molar-refractivity contribution in [2.45, 2.75) is 24.8 Å². The molecule has 2 aromatic rings. The van der Waals surface area contributed by atoms with Crippen molar-refractivity contribution in [3.8, 4) is 0 Å². The molecule has 0 atom stereocenters. The Labute approximate surface area is 99.0 Å². The number of H-pyrrole nitrogens is 1. The summed E-state index contributed by atoms with van der Waals surface area (Å²) in [5.41, 5.74) is 8.34. The smallest absolute Gasteiger partial charge is 0.0672 e. The highest BCUT2D eigenvalue weighted by atomic mass is 16.3. The van der Waals surface area contributed by atoms with Gasteiger partial charge in [-0.15, -0.1) is 0 Å². The van der Waals surface area contributed by atoms with Crippen molar-refractivity contribution in [3.05, 3.63) is 18.3 Å². The first-order valence-corrected chi connectivity index (χ1v) is 5.84. The molecule has 0 aliphatic heterocycles. The van der Waals surface area contributed by atoms with Crippen LogP contribution in [0.15, 0.2) is 18.3 Å². The molecular weight excluding hydrogens is 216 g/mol. The highest BCUT2D eigenvalue weighted by Crippen LogP contribution is 2.37. The normalized spacial score (nSPS) is 17.9. The summed E-state index contributed by atoms with van der Waals surface area (Å²) in [5.74, 6) is 0. The second-order valence-corrected chi connectivity index (χ2v) is 4.81. The van der Waals surface area contributed by atoms with Crippen LogP contribution >= 0.6 is 0 Å². The number of anilines is 2. The second kappa shape index (κ2) is 3.63. The second-order valence-electron chi connectivity index (χ2n) is 4.81. The molecule has 17 heavy (non-hydrogen) atoms. The van der Waals surface area contributed by atoms with E-state index in [0.717, 1.165) is 35.9 Å². The van der Waals surface area contributed by atoms with Crippen LogP contribution in [0.1, 0.15) is 19.3 Å². The average molecular weight is 232 g/mol. The van der Waals surface area contributed by atoms with E-state index in [4.69, 9.17) is 5.73 Å². The number of nitrogen functional groups attached to an aromatic ring is 1. The van der Waals surface area contributed by atoms with Crippen LogP contribution < -0.4 is 11.1 Å². The summed E-state index contributed by atoms with van der Waals surface area (Å²) in [5, 5.41) is 20.7. The first kappa shape index (κ1) is 10.4. The van der Waals surface area contributed by atoms with Gasteiger partial charge in [0.25, 0.3) is 0 Å². The molecule has 0 unspecified atom stereocenters. The predicted molar refractivity (Wildman–Crippen MR) is 67.8 cm³/mol. The Hall–Kier alpha value is -1.75. The molecular formula is C12H16N4O. The molecule has 1 aromatic heterocycles. The number of hydrogen-bond donors (Lipinski definition) is 4. The molecule has 0 amide bonds. The van der Waals surface area contributed by atoms with Gasteiger partial charge < -0.3 is 16.2 Å². The van der Waals surface area contributed by atoms with Gasteiger partial charge in [-0.05, 0) is 31.4 Å². The minimum Gasteiger partial charge on any atom is -0.397 e. The Morgan fingerprint density at radius 1 is 1.47 bits per heavy atom. The third kappa shape index (κ3) is 1.63. The topological polar surface area (TPSA) is 87.0 Å². The molecule has 5 nitrogen and oxygen atoms in total. The molecule has 1 heterocycles. The molecule has 3 rings (SSSR count). The lowest BCUT2D eigenvalue weighted by atomic mass is 9.77. The van der Waals surface area contributed by atoms with Gasteiger partial charge in [0.1, 0.15) is 0 Å². The summed E-state index contributed by atoms with van der Waals surface area (Å²) < 4.78 is 0. The molecule has 1 aromatic carbocycles. The molecule has 5 heteroatoms. The number of aliphatic hydroxyl groups excluding tert-OH is 1. The number of nitrogens with two attached hydrogens (primary N) is 1. The third-order valence-electron chi connectivity index (χ3n) is 3.62. The largest absolute Gasteiger partial charge is 0.397 e. The highest BCUT2D eigenvalue weighted by molar-refractivity contribution is 5.88. The Balaban J connectivity index is 1.96. The monoisotopic (exact) mass is 232 g/mol. The molecule has 0 radical (unpaired) electrons. The summed E-state index contributed by atoms with van der Waals surface area (Å²) in [7, 11) is 0. The SMILES string of the molecule is Nc1cc2cn[nH]c2cc1NC1(CO)CCC1. The Kier molecular flexibility index (Phi) is 2.22. The Bertz CT molecular complexity index is 539. The van der Waals surface area contributed by atoms with Crippen LogP contribution in [0, 0.1) is 0 Å². The van der Waals surface area contributed by atoms with Crippen molar-refractivity contribution in [2.75, 3.05) is 17.7 Å². The number of hydrogen-bond acceptors (Lipinski definition) is 4. The maximum atomic E-state index is 9.44. The number of aliphatic hydroxyl groups is 1. The van der Waals surface area contributed by atoms with Gasteiger partial charge in [-0.1, -0.05) is 0 Å². The molecule has 0 saturated heterocycles. The van der Waals surface area contributed by atoms with Gasteiger partial charge in [-0.25, -0.2) is 0 Å². The minimum atomic E-state index is -0.179. The van der Waals surface area contributed by atoms with Crippen molar-refractivity contribution < 1.29 is 5.11 Å². The lowest BCUT2D eigenvalue weighted by molar-refractivity contribution is 0.144. The van der Waals surface area contributed by atoms with E-state index in [1.54, 1.807) is 6.20 Å². The van der Waals surface area contributed by atoms with Crippen molar-refractivity contribution in [2.24, 2.45) is 0 Å². The molecule has 0 bridgehead atoms. The molecule has 90 valence electrons. The van der Waals surface area contributed by atoms with E-state index in [9.17, 15) is 5.11 Å².